The summed E-state index contributed by atoms with van der Waals surface area (Å²) in [5, 5.41) is 0. The van der Waals surface area contributed by atoms with Crippen LogP contribution in [0.5, 0.6) is 0 Å². The molecule has 1 aromatic heterocycles. The minimum Gasteiger partial charge on any atom is -0.330 e. The molecule has 1 saturated carbocycles. The second kappa shape index (κ2) is 4.07. The molecule has 100 valence electrons. The Morgan fingerprint density at radius 2 is 2.00 bits per heavy atom. The quantitative estimate of drug-likeness (QED) is 0.872. The maximum absolute atomic E-state index is 6.36. The molecular formula is C14H24N4. The van der Waals surface area contributed by atoms with E-state index in [-0.39, 0.29) is 11.6 Å². The summed E-state index contributed by atoms with van der Waals surface area (Å²) < 4.78 is 2.36. The molecule has 2 aliphatic rings. The summed E-state index contributed by atoms with van der Waals surface area (Å²) in [4.78, 5) is 6.89. The summed E-state index contributed by atoms with van der Waals surface area (Å²) in [6, 6.07) is 1.24. The van der Waals surface area contributed by atoms with Crippen LogP contribution < -0.4 is 5.73 Å². The normalized spacial score (nSPS) is 30.0. The van der Waals surface area contributed by atoms with E-state index < -0.39 is 0 Å². The van der Waals surface area contributed by atoms with Gasteiger partial charge < -0.3 is 10.3 Å². The first-order chi connectivity index (χ1) is 8.48. The van der Waals surface area contributed by atoms with Gasteiger partial charge in [-0.2, -0.15) is 0 Å². The predicted molar refractivity (Wildman–Crippen MR) is 72.3 cm³/mol. The molecule has 2 atom stereocenters. The fourth-order valence-electron chi connectivity index (χ4n) is 3.15. The molecule has 1 aliphatic heterocycles. The highest BCUT2D eigenvalue weighted by Crippen LogP contribution is 2.41. The van der Waals surface area contributed by atoms with E-state index in [1.165, 1.54) is 18.5 Å². The second-order valence-corrected chi connectivity index (χ2v) is 6.72. The smallest absolute Gasteiger partial charge is 0.0951 e. The van der Waals surface area contributed by atoms with Gasteiger partial charge in [0.25, 0.3) is 0 Å². The van der Waals surface area contributed by atoms with Crippen LogP contribution in [0.15, 0.2) is 12.5 Å². The predicted octanol–water partition coefficient (Wildman–Crippen LogP) is 2.09. The average Bonchev–Trinajstić information content (AvgIpc) is 2.87. The number of rotatable bonds is 2. The molecule has 1 saturated heterocycles. The maximum Gasteiger partial charge on any atom is 0.0951 e. The largest absolute Gasteiger partial charge is 0.330 e. The highest BCUT2D eigenvalue weighted by Gasteiger charge is 2.41. The zero-order valence-electron chi connectivity index (χ0n) is 11.6. The molecule has 3 rings (SSSR count). The lowest BCUT2D eigenvalue weighted by atomic mass is 10.0. The average molecular weight is 248 g/mol. The van der Waals surface area contributed by atoms with Crippen LogP contribution in [0, 0.1) is 0 Å². The number of hydrogen-bond donors (Lipinski definition) is 1. The van der Waals surface area contributed by atoms with Crippen molar-refractivity contribution in [3.05, 3.63) is 18.2 Å². The topological polar surface area (TPSA) is 47.1 Å². The van der Waals surface area contributed by atoms with Gasteiger partial charge in [0.2, 0.25) is 0 Å². The fourth-order valence-corrected chi connectivity index (χ4v) is 3.15. The molecular weight excluding hydrogens is 224 g/mol. The first-order valence-corrected chi connectivity index (χ1v) is 7.02. The van der Waals surface area contributed by atoms with Crippen LogP contribution >= 0.6 is 0 Å². The number of nitrogens with two attached hydrogens (primary N) is 1. The standard InChI is InChI=1S/C14H24N4/c1-14(2,3)18-7-6-11(15)13(18)12-8-16-9-17(12)10-4-5-10/h8-11,13H,4-7,15H2,1-3H3. The van der Waals surface area contributed by atoms with Crippen LogP contribution in [-0.4, -0.2) is 32.6 Å². The molecule has 0 amide bonds. The molecule has 0 spiro atoms. The van der Waals surface area contributed by atoms with Crippen LogP contribution in [0.2, 0.25) is 0 Å². The van der Waals surface area contributed by atoms with Crippen molar-refractivity contribution in [2.75, 3.05) is 6.54 Å². The molecule has 0 aromatic carbocycles. The van der Waals surface area contributed by atoms with Crippen molar-refractivity contribution >= 4 is 0 Å². The van der Waals surface area contributed by atoms with Gasteiger partial charge in [-0.25, -0.2) is 4.98 Å². The van der Waals surface area contributed by atoms with Gasteiger partial charge in [0.05, 0.1) is 18.1 Å². The van der Waals surface area contributed by atoms with Crippen LogP contribution in [0.4, 0.5) is 0 Å². The van der Waals surface area contributed by atoms with Gasteiger partial charge in [0.15, 0.2) is 0 Å². The van der Waals surface area contributed by atoms with Gasteiger partial charge in [0, 0.05) is 30.4 Å². The van der Waals surface area contributed by atoms with Crippen molar-refractivity contribution in [1.82, 2.24) is 14.5 Å². The lowest BCUT2D eigenvalue weighted by molar-refractivity contribution is 0.112. The Labute approximate surface area is 109 Å². The maximum atomic E-state index is 6.36. The van der Waals surface area contributed by atoms with E-state index in [0.717, 1.165) is 13.0 Å². The first-order valence-electron chi connectivity index (χ1n) is 7.02. The number of likely N-dealkylation sites (tertiary alicyclic amines) is 1. The third-order valence-corrected chi connectivity index (χ3v) is 4.25. The molecule has 4 nitrogen and oxygen atoms in total. The van der Waals surface area contributed by atoms with Crippen molar-refractivity contribution in [2.45, 2.75) is 63.7 Å². The van der Waals surface area contributed by atoms with Crippen LogP contribution in [0.3, 0.4) is 0 Å². The lowest BCUT2D eigenvalue weighted by Crippen LogP contribution is -2.44. The number of nitrogens with zero attached hydrogens (tertiary/aromatic N) is 3. The Morgan fingerprint density at radius 3 is 2.61 bits per heavy atom. The Kier molecular flexibility index (Phi) is 2.75. The summed E-state index contributed by atoms with van der Waals surface area (Å²) in [5.74, 6) is 0. The van der Waals surface area contributed by atoms with Crippen molar-refractivity contribution < 1.29 is 0 Å². The van der Waals surface area contributed by atoms with E-state index in [4.69, 9.17) is 5.73 Å². The highest BCUT2D eigenvalue weighted by molar-refractivity contribution is 5.15. The summed E-state index contributed by atoms with van der Waals surface area (Å²) in [6.07, 6.45) is 7.67. The van der Waals surface area contributed by atoms with E-state index >= 15 is 0 Å². The molecule has 2 N–H and O–H groups in total. The first kappa shape index (κ1) is 12.2. The summed E-state index contributed by atoms with van der Waals surface area (Å²) in [7, 11) is 0. The Hall–Kier alpha value is -0.870. The van der Waals surface area contributed by atoms with Gasteiger partial charge in [-0.3, -0.25) is 4.90 Å². The molecule has 0 radical (unpaired) electrons. The third kappa shape index (κ3) is 1.97. The Balaban J connectivity index is 1.94. The van der Waals surface area contributed by atoms with Gasteiger partial charge >= 0.3 is 0 Å². The molecule has 2 fully saturated rings. The number of hydrogen-bond acceptors (Lipinski definition) is 3. The molecule has 2 unspecified atom stereocenters. The molecule has 18 heavy (non-hydrogen) atoms. The molecule has 1 aliphatic carbocycles. The summed E-state index contributed by atoms with van der Waals surface area (Å²) >= 11 is 0. The van der Waals surface area contributed by atoms with Crippen LogP contribution in [0.25, 0.3) is 0 Å². The monoisotopic (exact) mass is 248 g/mol. The van der Waals surface area contributed by atoms with Crippen molar-refractivity contribution in [3.8, 4) is 0 Å². The zero-order valence-corrected chi connectivity index (χ0v) is 11.6. The molecule has 0 bridgehead atoms. The van der Waals surface area contributed by atoms with Crippen LogP contribution in [0.1, 0.15) is 57.8 Å². The lowest BCUT2D eigenvalue weighted by Gasteiger charge is -2.38. The van der Waals surface area contributed by atoms with Gasteiger partial charge in [-0.05, 0) is 40.0 Å². The van der Waals surface area contributed by atoms with E-state index in [1.807, 2.05) is 12.5 Å². The van der Waals surface area contributed by atoms with Gasteiger partial charge in [-0.15, -0.1) is 0 Å². The van der Waals surface area contributed by atoms with Gasteiger partial charge in [-0.1, -0.05) is 0 Å². The Morgan fingerprint density at radius 1 is 1.28 bits per heavy atom. The minimum atomic E-state index is 0.164. The van der Waals surface area contributed by atoms with Crippen LogP contribution in [-0.2, 0) is 0 Å². The molecule has 4 heteroatoms. The van der Waals surface area contributed by atoms with E-state index in [2.05, 4.69) is 35.2 Å². The highest BCUT2D eigenvalue weighted by atomic mass is 15.3. The van der Waals surface area contributed by atoms with E-state index in [9.17, 15) is 0 Å². The Bertz CT molecular complexity index is 427. The zero-order chi connectivity index (χ0) is 12.9. The molecule has 1 aromatic rings. The van der Waals surface area contributed by atoms with Gasteiger partial charge in [0.1, 0.15) is 0 Å². The SMILES string of the molecule is CC(C)(C)N1CCC(N)C1c1cncn1C1CC1. The van der Waals surface area contributed by atoms with Crippen molar-refractivity contribution in [3.63, 3.8) is 0 Å². The van der Waals surface area contributed by atoms with E-state index in [0.29, 0.717) is 12.1 Å². The van der Waals surface area contributed by atoms with E-state index in [1.54, 1.807) is 0 Å². The molecule has 2 heterocycles. The number of imidazole rings is 1. The minimum absolute atomic E-state index is 0.164. The summed E-state index contributed by atoms with van der Waals surface area (Å²) in [5.41, 5.74) is 7.85. The fraction of sp³-hybridized carbons (Fsp3) is 0.786. The summed E-state index contributed by atoms with van der Waals surface area (Å²) in [6.45, 7) is 7.91. The number of aromatic nitrogens is 2. The van der Waals surface area contributed by atoms with Crippen molar-refractivity contribution in [1.29, 1.82) is 0 Å². The van der Waals surface area contributed by atoms with Crippen molar-refractivity contribution in [2.24, 2.45) is 5.73 Å². The third-order valence-electron chi connectivity index (χ3n) is 4.25. The second-order valence-electron chi connectivity index (χ2n) is 6.72.